The van der Waals surface area contributed by atoms with Gasteiger partial charge < -0.3 is 19.1 Å². The first-order chi connectivity index (χ1) is 20.3. The molecule has 2 heterocycles. The van der Waals surface area contributed by atoms with E-state index in [0.29, 0.717) is 49.3 Å². The number of carbonyl (C=O) groups is 1. The first-order valence-corrected chi connectivity index (χ1v) is 14.6. The van der Waals surface area contributed by atoms with Gasteiger partial charge in [0, 0.05) is 23.6 Å². The number of ether oxygens (including phenoxy) is 2. The summed E-state index contributed by atoms with van der Waals surface area (Å²) in [5.74, 6) is 2.42. The molecule has 2 atom stereocenters. The van der Waals surface area contributed by atoms with Gasteiger partial charge in [-0.25, -0.2) is 4.79 Å². The lowest BCUT2D eigenvalue weighted by molar-refractivity contribution is 0.143. The van der Waals surface area contributed by atoms with E-state index in [4.69, 9.17) is 53.9 Å². The summed E-state index contributed by atoms with van der Waals surface area (Å²) in [6, 6.07) is 17.0. The summed E-state index contributed by atoms with van der Waals surface area (Å²) in [4.78, 5) is 11.0. The quantitative estimate of drug-likeness (QED) is 0.172. The first kappa shape index (κ1) is 27.1. The van der Waals surface area contributed by atoms with Crippen molar-refractivity contribution >= 4 is 51.9 Å². The Morgan fingerprint density at radius 2 is 1.83 bits per heavy atom. The third kappa shape index (κ3) is 4.97. The average Bonchev–Trinajstić information content (AvgIpc) is 3.88. The number of carboxylic acid groups (broad SMARTS) is 1. The van der Waals surface area contributed by atoms with Crippen LogP contribution in [0.1, 0.15) is 59.5 Å². The Bertz CT molecular complexity index is 1840. The molecule has 2 aliphatic carbocycles. The van der Waals surface area contributed by atoms with Gasteiger partial charge in [0.2, 0.25) is 0 Å². The lowest BCUT2D eigenvalue weighted by Crippen LogP contribution is -2.04. The predicted octanol–water partition coefficient (Wildman–Crippen LogP) is 8.97. The number of rotatable bonds is 8. The Labute approximate surface area is 255 Å². The molecule has 8 nitrogen and oxygen atoms in total. The maximum absolute atomic E-state index is 11.0. The Balaban J connectivity index is 1.09. The molecular weight excluding hydrogens is 601 g/mol. The normalized spacial score (nSPS) is 17.9. The summed E-state index contributed by atoms with van der Waals surface area (Å²) in [5, 5.41) is 19.8. The summed E-state index contributed by atoms with van der Waals surface area (Å²) in [5.41, 5.74) is 5.08. The molecule has 3 aromatic carbocycles. The van der Waals surface area contributed by atoms with Crippen molar-refractivity contribution in [2.75, 3.05) is 0 Å². The number of hydrogen-bond acceptors (Lipinski definition) is 6. The molecule has 2 aliphatic rings. The second-order valence-corrected chi connectivity index (χ2v) is 12.0. The van der Waals surface area contributed by atoms with Crippen LogP contribution >= 0.6 is 34.8 Å². The van der Waals surface area contributed by atoms with Gasteiger partial charge in [0.1, 0.15) is 23.8 Å². The van der Waals surface area contributed by atoms with Crippen LogP contribution in [0.4, 0.5) is 4.79 Å². The van der Waals surface area contributed by atoms with Crippen molar-refractivity contribution in [3.63, 3.8) is 0 Å². The van der Waals surface area contributed by atoms with Gasteiger partial charge in [0.25, 0.3) is 5.88 Å². The van der Waals surface area contributed by atoms with Crippen molar-refractivity contribution in [2.45, 2.75) is 43.6 Å². The highest BCUT2D eigenvalue weighted by Crippen LogP contribution is 2.57. The maximum Gasteiger partial charge on any atom is 0.512 e. The van der Waals surface area contributed by atoms with Crippen molar-refractivity contribution in [3.8, 4) is 22.9 Å². The molecule has 0 radical (unpaired) electrons. The molecule has 0 saturated heterocycles. The van der Waals surface area contributed by atoms with Crippen molar-refractivity contribution in [1.82, 2.24) is 14.9 Å². The van der Waals surface area contributed by atoms with E-state index in [0.717, 1.165) is 47.2 Å². The third-order valence-electron chi connectivity index (χ3n) is 7.97. The molecular formula is C31H24Cl3N3O5. The molecule has 2 fully saturated rings. The number of nitrogens with zero attached hydrogens (tertiary/aromatic N) is 3. The van der Waals surface area contributed by atoms with E-state index >= 15 is 0 Å². The van der Waals surface area contributed by atoms with Gasteiger partial charge in [-0.15, -0.1) is 5.10 Å². The average molecular weight is 625 g/mol. The maximum atomic E-state index is 11.0. The SMILES string of the molecule is Cn1nc(OC(=O)O)c2ccc(C3CC3c3ccc(OCc4c(-c5c(Cl)cccc5Cl)noc4C4CC4)cc3Cl)cc21. The van der Waals surface area contributed by atoms with Crippen molar-refractivity contribution in [2.24, 2.45) is 7.05 Å². The Morgan fingerprint density at radius 3 is 2.55 bits per heavy atom. The summed E-state index contributed by atoms with van der Waals surface area (Å²) < 4.78 is 18.4. The van der Waals surface area contributed by atoms with Crippen LogP contribution in [-0.4, -0.2) is 26.2 Å². The molecule has 2 unspecified atom stereocenters. The molecule has 2 aromatic heterocycles. The highest BCUT2D eigenvalue weighted by Gasteiger charge is 2.41. The largest absolute Gasteiger partial charge is 0.512 e. The molecule has 2 saturated carbocycles. The highest BCUT2D eigenvalue weighted by atomic mass is 35.5. The van der Waals surface area contributed by atoms with Crippen LogP contribution in [0.3, 0.4) is 0 Å². The fourth-order valence-corrected chi connectivity index (χ4v) is 6.53. The van der Waals surface area contributed by atoms with Crippen LogP contribution in [0.25, 0.3) is 22.2 Å². The summed E-state index contributed by atoms with van der Waals surface area (Å²) in [6.07, 6.45) is 1.66. The fraction of sp³-hybridized carbons (Fsp3) is 0.258. The van der Waals surface area contributed by atoms with Crippen LogP contribution in [0, 0.1) is 0 Å². The van der Waals surface area contributed by atoms with Gasteiger partial charge in [-0.3, -0.25) is 4.68 Å². The molecule has 7 rings (SSSR count). The molecule has 42 heavy (non-hydrogen) atoms. The fourth-order valence-electron chi connectivity index (χ4n) is 5.64. The third-order valence-corrected chi connectivity index (χ3v) is 8.92. The van der Waals surface area contributed by atoms with Gasteiger partial charge in [0.15, 0.2) is 0 Å². The summed E-state index contributed by atoms with van der Waals surface area (Å²) >= 11 is 19.8. The molecule has 0 bridgehead atoms. The van der Waals surface area contributed by atoms with E-state index in [1.54, 1.807) is 29.9 Å². The monoisotopic (exact) mass is 623 g/mol. The molecule has 0 aliphatic heterocycles. The van der Waals surface area contributed by atoms with Gasteiger partial charge in [-0.2, -0.15) is 0 Å². The highest BCUT2D eigenvalue weighted by molar-refractivity contribution is 6.39. The molecule has 0 spiro atoms. The van der Waals surface area contributed by atoms with E-state index in [9.17, 15) is 4.79 Å². The van der Waals surface area contributed by atoms with Crippen molar-refractivity contribution in [1.29, 1.82) is 0 Å². The van der Waals surface area contributed by atoms with E-state index in [1.165, 1.54) is 0 Å². The summed E-state index contributed by atoms with van der Waals surface area (Å²) in [6.45, 7) is 0.242. The van der Waals surface area contributed by atoms with Gasteiger partial charge in [-0.05, 0) is 78.6 Å². The van der Waals surface area contributed by atoms with Gasteiger partial charge in [-0.1, -0.05) is 58.2 Å². The second-order valence-electron chi connectivity index (χ2n) is 10.7. The van der Waals surface area contributed by atoms with E-state index < -0.39 is 6.16 Å². The van der Waals surface area contributed by atoms with Crippen LogP contribution < -0.4 is 9.47 Å². The second kappa shape index (κ2) is 10.5. The number of aromatic nitrogens is 3. The lowest BCUT2D eigenvalue weighted by Gasteiger charge is -2.11. The van der Waals surface area contributed by atoms with E-state index in [-0.39, 0.29) is 18.4 Å². The van der Waals surface area contributed by atoms with Gasteiger partial charge >= 0.3 is 6.16 Å². The van der Waals surface area contributed by atoms with E-state index in [1.807, 2.05) is 36.4 Å². The molecule has 0 amide bonds. The van der Waals surface area contributed by atoms with Crippen molar-refractivity contribution < 1.29 is 23.9 Å². The number of aryl methyl sites for hydroxylation is 1. The zero-order chi connectivity index (χ0) is 29.1. The van der Waals surface area contributed by atoms with Crippen LogP contribution in [-0.2, 0) is 13.7 Å². The van der Waals surface area contributed by atoms with Crippen LogP contribution in [0.15, 0.2) is 59.1 Å². The standard InChI is InChI=1S/C31H24Cl3N3O5/c1-37-26-11-16(7-9-19(26)30(35-37)41-31(38)39)20-13-21(20)18-10-8-17(12-25(18)34)40-14-22-28(36-42-29(22)15-5-6-15)27-23(32)3-2-4-24(27)33/h2-4,7-12,15,20-21H,5-6,13-14H2,1H3,(H,38,39). The van der Waals surface area contributed by atoms with Gasteiger partial charge in [0.05, 0.1) is 26.5 Å². The van der Waals surface area contributed by atoms with Crippen molar-refractivity contribution in [3.05, 3.63) is 92.1 Å². The molecule has 214 valence electrons. The lowest BCUT2D eigenvalue weighted by atomic mass is 10.0. The smallest absolute Gasteiger partial charge is 0.489 e. The van der Waals surface area contributed by atoms with Crippen LogP contribution in [0.2, 0.25) is 15.1 Å². The van der Waals surface area contributed by atoms with Crippen LogP contribution in [0.5, 0.6) is 11.6 Å². The minimum atomic E-state index is -1.39. The Kier molecular flexibility index (Phi) is 6.80. The molecule has 1 N–H and O–H groups in total. The zero-order valence-electron chi connectivity index (χ0n) is 22.3. The predicted molar refractivity (Wildman–Crippen MR) is 159 cm³/mol. The number of benzene rings is 3. The number of fused-ring (bicyclic) bond motifs is 1. The number of halogens is 3. The molecule has 11 heteroatoms. The zero-order valence-corrected chi connectivity index (χ0v) is 24.6. The topological polar surface area (TPSA) is 99.6 Å². The Hall–Kier alpha value is -3.72. The Morgan fingerprint density at radius 1 is 1.05 bits per heavy atom. The minimum absolute atomic E-state index is 0.0788. The molecule has 5 aromatic rings. The number of hydrogen-bond donors (Lipinski definition) is 1. The first-order valence-electron chi connectivity index (χ1n) is 13.5. The minimum Gasteiger partial charge on any atom is -0.489 e. The summed E-state index contributed by atoms with van der Waals surface area (Å²) in [7, 11) is 1.76. The van der Waals surface area contributed by atoms with E-state index in [2.05, 4.69) is 10.3 Å².